The molecule has 1 aliphatic rings. The maximum Gasteiger partial charge on any atom is 0.240 e. The molecule has 0 aromatic heterocycles. The maximum atomic E-state index is 13.9. The molecule has 1 atom stereocenters. The van der Waals surface area contributed by atoms with Gasteiger partial charge < -0.3 is 10.2 Å². The van der Waals surface area contributed by atoms with Gasteiger partial charge in [-0.3, -0.25) is 9.59 Å². The van der Waals surface area contributed by atoms with Gasteiger partial charge in [-0.1, -0.05) is 29.8 Å². The lowest BCUT2D eigenvalue weighted by Gasteiger charge is -2.17. The van der Waals surface area contributed by atoms with Crippen LogP contribution in [0, 0.1) is 18.7 Å². The van der Waals surface area contributed by atoms with E-state index < -0.39 is 21.8 Å². The number of halogens is 1. The highest BCUT2D eigenvalue weighted by Crippen LogP contribution is 2.27. The standard InChI is InChI=1S/C20H22FN3O4S/c1-14-6-8-16(9-7-14)29(27,28)23-11-10-22-20(26)15-12-19(25)24(13-15)18-5-3-2-4-17(18)21/h2-9,15,23H,10-13H2,1H3,(H,22,26). The van der Waals surface area contributed by atoms with Crippen LogP contribution in [0.4, 0.5) is 10.1 Å². The fourth-order valence-corrected chi connectivity index (χ4v) is 4.13. The molecule has 2 N–H and O–H groups in total. The first-order valence-electron chi connectivity index (χ1n) is 9.17. The Morgan fingerprint density at radius 2 is 1.83 bits per heavy atom. The normalized spacial score (nSPS) is 16.8. The van der Waals surface area contributed by atoms with E-state index in [1.807, 2.05) is 6.92 Å². The van der Waals surface area contributed by atoms with Gasteiger partial charge in [0.1, 0.15) is 5.82 Å². The zero-order valence-corrected chi connectivity index (χ0v) is 16.7. The average Bonchev–Trinajstić information content (AvgIpc) is 3.07. The number of hydrogen-bond donors (Lipinski definition) is 2. The van der Waals surface area contributed by atoms with Gasteiger partial charge in [-0.25, -0.2) is 17.5 Å². The van der Waals surface area contributed by atoms with Crippen LogP contribution in [0.15, 0.2) is 53.4 Å². The van der Waals surface area contributed by atoms with E-state index in [-0.39, 0.29) is 48.5 Å². The number of aryl methyl sites for hydroxylation is 1. The SMILES string of the molecule is Cc1ccc(S(=O)(=O)NCCNC(=O)C2CC(=O)N(c3ccccc3F)C2)cc1. The molecule has 9 heteroatoms. The molecular weight excluding hydrogens is 397 g/mol. The molecule has 1 fully saturated rings. The molecule has 2 aromatic carbocycles. The van der Waals surface area contributed by atoms with Crippen molar-refractivity contribution < 1.29 is 22.4 Å². The predicted octanol–water partition coefficient (Wildman–Crippen LogP) is 1.58. The molecule has 7 nitrogen and oxygen atoms in total. The third-order valence-electron chi connectivity index (χ3n) is 4.69. The monoisotopic (exact) mass is 419 g/mol. The van der Waals surface area contributed by atoms with Crippen molar-refractivity contribution in [1.29, 1.82) is 0 Å². The van der Waals surface area contributed by atoms with Gasteiger partial charge in [-0.15, -0.1) is 0 Å². The summed E-state index contributed by atoms with van der Waals surface area (Å²) in [6.45, 7) is 2.04. The summed E-state index contributed by atoms with van der Waals surface area (Å²) >= 11 is 0. The minimum Gasteiger partial charge on any atom is -0.354 e. The van der Waals surface area contributed by atoms with Crippen LogP contribution in [0.1, 0.15) is 12.0 Å². The predicted molar refractivity (Wildman–Crippen MR) is 106 cm³/mol. The van der Waals surface area contributed by atoms with Crippen LogP contribution in [0.3, 0.4) is 0 Å². The number of rotatable bonds is 7. The number of carbonyl (C=O) groups excluding carboxylic acids is 2. The van der Waals surface area contributed by atoms with E-state index in [1.165, 1.54) is 35.2 Å². The van der Waals surface area contributed by atoms with Crippen molar-refractivity contribution in [1.82, 2.24) is 10.0 Å². The van der Waals surface area contributed by atoms with Gasteiger partial charge in [0.15, 0.2) is 0 Å². The second-order valence-corrected chi connectivity index (χ2v) is 8.63. The third kappa shape index (κ3) is 4.99. The van der Waals surface area contributed by atoms with Gasteiger partial charge >= 0.3 is 0 Å². The van der Waals surface area contributed by atoms with Gasteiger partial charge in [0, 0.05) is 26.1 Å². The summed E-state index contributed by atoms with van der Waals surface area (Å²) in [5.74, 6) is -1.83. The Morgan fingerprint density at radius 1 is 1.14 bits per heavy atom. The topological polar surface area (TPSA) is 95.6 Å². The molecule has 0 aliphatic carbocycles. The van der Waals surface area contributed by atoms with Crippen LogP contribution in [0.25, 0.3) is 0 Å². The van der Waals surface area contributed by atoms with Gasteiger partial charge in [0.25, 0.3) is 0 Å². The number of nitrogens with zero attached hydrogens (tertiary/aromatic N) is 1. The van der Waals surface area contributed by atoms with Crippen LogP contribution in [-0.4, -0.2) is 39.9 Å². The molecule has 0 spiro atoms. The summed E-state index contributed by atoms with van der Waals surface area (Å²) in [6, 6.07) is 12.3. The Hall–Kier alpha value is -2.78. The van der Waals surface area contributed by atoms with Crippen molar-refractivity contribution in [2.24, 2.45) is 5.92 Å². The van der Waals surface area contributed by atoms with Crippen LogP contribution >= 0.6 is 0 Å². The number of anilines is 1. The van der Waals surface area contributed by atoms with Crippen molar-refractivity contribution in [3.63, 3.8) is 0 Å². The lowest BCUT2D eigenvalue weighted by atomic mass is 10.1. The van der Waals surface area contributed by atoms with Crippen molar-refractivity contribution in [3.05, 3.63) is 59.9 Å². The lowest BCUT2D eigenvalue weighted by Crippen LogP contribution is -2.38. The molecule has 154 valence electrons. The van der Waals surface area contributed by atoms with E-state index in [1.54, 1.807) is 18.2 Å². The molecule has 3 rings (SSSR count). The van der Waals surface area contributed by atoms with Crippen LogP contribution < -0.4 is 14.9 Å². The lowest BCUT2D eigenvalue weighted by molar-refractivity contribution is -0.126. The van der Waals surface area contributed by atoms with E-state index in [0.717, 1.165) is 5.56 Å². The average molecular weight is 419 g/mol. The van der Waals surface area contributed by atoms with E-state index in [4.69, 9.17) is 0 Å². The highest BCUT2D eigenvalue weighted by molar-refractivity contribution is 7.89. The van der Waals surface area contributed by atoms with E-state index in [9.17, 15) is 22.4 Å². The summed E-state index contributed by atoms with van der Waals surface area (Å²) in [6.07, 6.45) is -0.0186. The highest BCUT2D eigenvalue weighted by atomic mass is 32.2. The zero-order valence-electron chi connectivity index (χ0n) is 15.9. The summed E-state index contributed by atoms with van der Waals surface area (Å²) < 4.78 is 40.7. The molecule has 1 unspecified atom stereocenters. The number of carbonyl (C=O) groups is 2. The fourth-order valence-electron chi connectivity index (χ4n) is 3.10. The Labute approximate surface area is 169 Å². The molecule has 1 saturated heterocycles. The first kappa shape index (κ1) is 20.9. The Bertz CT molecular complexity index is 1010. The molecule has 0 saturated carbocycles. The summed E-state index contributed by atoms with van der Waals surface area (Å²) in [7, 11) is -3.66. The second-order valence-electron chi connectivity index (χ2n) is 6.86. The van der Waals surface area contributed by atoms with Crippen LogP contribution in [-0.2, 0) is 19.6 Å². The van der Waals surface area contributed by atoms with E-state index in [2.05, 4.69) is 10.0 Å². The van der Waals surface area contributed by atoms with Crippen molar-refractivity contribution >= 4 is 27.5 Å². The molecule has 2 amide bonds. The first-order chi connectivity index (χ1) is 13.8. The number of amides is 2. The third-order valence-corrected chi connectivity index (χ3v) is 6.16. The quantitative estimate of drug-likeness (QED) is 0.666. The minimum atomic E-state index is -3.66. The Balaban J connectivity index is 1.49. The number of para-hydroxylation sites is 1. The second kappa shape index (κ2) is 8.71. The summed E-state index contributed by atoms with van der Waals surface area (Å²) in [5, 5.41) is 2.63. The molecular formula is C20H22FN3O4S. The molecule has 2 aromatic rings. The molecule has 1 heterocycles. The van der Waals surface area contributed by atoms with Crippen LogP contribution in [0.5, 0.6) is 0 Å². The number of sulfonamides is 1. The number of hydrogen-bond acceptors (Lipinski definition) is 4. The maximum absolute atomic E-state index is 13.9. The molecule has 1 aliphatic heterocycles. The summed E-state index contributed by atoms with van der Waals surface area (Å²) in [4.78, 5) is 25.9. The zero-order chi connectivity index (χ0) is 21.0. The first-order valence-corrected chi connectivity index (χ1v) is 10.6. The number of benzene rings is 2. The van der Waals surface area contributed by atoms with Crippen molar-refractivity contribution in [2.45, 2.75) is 18.2 Å². The number of nitrogens with one attached hydrogen (secondary N) is 2. The van der Waals surface area contributed by atoms with Gasteiger partial charge in [0.05, 0.1) is 16.5 Å². The van der Waals surface area contributed by atoms with Crippen molar-refractivity contribution in [2.75, 3.05) is 24.5 Å². The van der Waals surface area contributed by atoms with Gasteiger partial charge in [0.2, 0.25) is 21.8 Å². The Kier molecular flexibility index (Phi) is 6.29. The molecule has 0 radical (unpaired) electrons. The molecule has 29 heavy (non-hydrogen) atoms. The smallest absolute Gasteiger partial charge is 0.240 e. The molecule has 0 bridgehead atoms. The van der Waals surface area contributed by atoms with E-state index >= 15 is 0 Å². The minimum absolute atomic E-state index is 0.0135. The van der Waals surface area contributed by atoms with Crippen LogP contribution in [0.2, 0.25) is 0 Å². The van der Waals surface area contributed by atoms with Gasteiger partial charge in [-0.05, 0) is 31.2 Å². The fraction of sp³-hybridized carbons (Fsp3) is 0.300. The largest absolute Gasteiger partial charge is 0.354 e. The van der Waals surface area contributed by atoms with Gasteiger partial charge in [-0.2, -0.15) is 0 Å². The Morgan fingerprint density at radius 3 is 2.52 bits per heavy atom. The van der Waals surface area contributed by atoms with Crippen molar-refractivity contribution in [3.8, 4) is 0 Å². The highest BCUT2D eigenvalue weighted by Gasteiger charge is 2.35. The van der Waals surface area contributed by atoms with E-state index in [0.29, 0.717) is 0 Å². The summed E-state index contributed by atoms with van der Waals surface area (Å²) in [5.41, 5.74) is 1.10.